The first-order chi connectivity index (χ1) is 8.49. The van der Waals surface area contributed by atoms with Crippen LogP contribution in [0, 0.1) is 15.9 Å². The van der Waals surface area contributed by atoms with Gasteiger partial charge < -0.3 is 15.7 Å². The highest BCUT2D eigenvalue weighted by atomic mass is 19.1. The normalized spacial score (nSPS) is 11.7. The summed E-state index contributed by atoms with van der Waals surface area (Å²) in [6.45, 7) is -0.532. The van der Waals surface area contributed by atoms with Gasteiger partial charge in [0.05, 0.1) is 23.3 Å². The Morgan fingerprint density at radius 3 is 2.72 bits per heavy atom. The highest BCUT2D eigenvalue weighted by molar-refractivity contribution is 5.84. The molecule has 0 saturated heterocycles. The number of amides is 1. The molecule has 0 bridgehead atoms. The number of nitro benzene ring substituents is 1. The molecule has 1 aromatic rings. The van der Waals surface area contributed by atoms with Crippen LogP contribution in [0.2, 0.25) is 0 Å². The molecule has 1 amide bonds. The second-order valence-corrected chi connectivity index (χ2v) is 3.42. The van der Waals surface area contributed by atoms with Crippen LogP contribution in [0.3, 0.4) is 0 Å². The summed E-state index contributed by atoms with van der Waals surface area (Å²) in [5.41, 5.74) is -0.484. The molecule has 0 unspecified atom stereocenters. The molecule has 8 heteroatoms. The second-order valence-electron chi connectivity index (χ2n) is 3.42. The Kier molecular flexibility index (Phi) is 4.55. The van der Waals surface area contributed by atoms with Gasteiger partial charge in [0.2, 0.25) is 5.91 Å². The minimum atomic E-state index is -1.02. The van der Waals surface area contributed by atoms with Crippen LogP contribution in [0.5, 0.6) is 0 Å². The number of carbonyl (C=O) groups is 1. The summed E-state index contributed by atoms with van der Waals surface area (Å²) >= 11 is 0. The summed E-state index contributed by atoms with van der Waals surface area (Å²) in [5, 5.41) is 24.1. The molecule has 0 fully saturated rings. The molecule has 7 nitrogen and oxygen atoms in total. The highest BCUT2D eigenvalue weighted by Gasteiger charge is 2.18. The van der Waals surface area contributed by atoms with Crippen LogP contribution < -0.4 is 10.6 Å². The Hall–Kier alpha value is -2.22. The Morgan fingerprint density at radius 1 is 1.61 bits per heavy atom. The number of hydrogen-bond acceptors (Lipinski definition) is 5. The van der Waals surface area contributed by atoms with Crippen molar-refractivity contribution in [3.63, 3.8) is 0 Å². The predicted molar refractivity (Wildman–Crippen MR) is 61.6 cm³/mol. The number of nitro groups is 1. The third-order valence-corrected chi connectivity index (χ3v) is 2.24. The molecular formula is C10H12FN3O4. The quantitative estimate of drug-likeness (QED) is 0.518. The molecule has 0 spiro atoms. The van der Waals surface area contributed by atoms with Crippen molar-refractivity contribution in [2.75, 3.05) is 19.0 Å². The van der Waals surface area contributed by atoms with Crippen molar-refractivity contribution < 1.29 is 19.2 Å². The zero-order valence-electron chi connectivity index (χ0n) is 9.51. The van der Waals surface area contributed by atoms with Crippen LogP contribution in [0.25, 0.3) is 0 Å². The third kappa shape index (κ3) is 3.14. The van der Waals surface area contributed by atoms with Crippen molar-refractivity contribution in [1.82, 2.24) is 5.32 Å². The van der Waals surface area contributed by atoms with Crippen LogP contribution >= 0.6 is 0 Å². The van der Waals surface area contributed by atoms with Gasteiger partial charge in [-0.3, -0.25) is 14.9 Å². The van der Waals surface area contributed by atoms with Crippen LogP contribution in [-0.4, -0.2) is 35.6 Å². The largest absolute Gasteiger partial charge is 0.394 e. The van der Waals surface area contributed by atoms with E-state index < -0.39 is 35.0 Å². The molecule has 0 aliphatic carbocycles. The van der Waals surface area contributed by atoms with Crippen molar-refractivity contribution in [1.29, 1.82) is 0 Å². The predicted octanol–water partition coefficient (Wildman–Crippen LogP) is 0.253. The SMILES string of the molecule is CNC(=O)[C@@H](CO)Nc1ccc([N+](=O)[O-])cc1F. The second kappa shape index (κ2) is 5.92. The van der Waals surface area contributed by atoms with Crippen LogP contribution in [-0.2, 0) is 4.79 Å². The highest BCUT2D eigenvalue weighted by Crippen LogP contribution is 2.21. The van der Waals surface area contributed by atoms with Crippen molar-refractivity contribution in [3.8, 4) is 0 Å². The lowest BCUT2D eigenvalue weighted by Crippen LogP contribution is -2.40. The summed E-state index contributed by atoms with van der Waals surface area (Å²) < 4.78 is 13.5. The number of benzene rings is 1. The van der Waals surface area contributed by atoms with Crippen molar-refractivity contribution in [3.05, 3.63) is 34.1 Å². The number of aliphatic hydroxyl groups excluding tert-OH is 1. The molecule has 0 aliphatic heterocycles. The van der Waals surface area contributed by atoms with Gasteiger partial charge in [-0.1, -0.05) is 0 Å². The maximum absolute atomic E-state index is 13.5. The monoisotopic (exact) mass is 257 g/mol. The van der Waals surface area contributed by atoms with E-state index in [1.165, 1.54) is 7.05 Å². The van der Waals surface area contributed by atoms with E-state index >= 15 is 0 Å². The topological polar surface area (TPSA) is 104 Å². The van der Waals surface area contributed by atoms with Crippen LogP contribution in [0.15, 0.2) is 18.2 Å². The summed E-state index contributed by atoms with van der Waals surface area (Å²) in [7, 11) is 1.37. The number of anilines is 1. The van der Waals surface area contributed by atoms with Gasteiger partial charge in [-0.25, -0.2) is 4.39 Å². The third-order valence-electron chi connectivity index (χ3n) is 2.24. The first-order valence-corrected chi connectivity index (χ1v) is 5.02. The number of rotatable bonds is 5. The molecule has 0 saturated carbocycles. The number of halogens is 1. The fourth-order valence-electron chi connectivity index (χ4n) is 1.29. The first kappa shape index (κ1) is 13.8. The fourth-order valence-corrected chi connectivity index (χ4v) is 1.29. The van der Waals surface area contributed by atoms with Gasteiger partial charge in [0.25, 0.3) is 5.69 Å². The molecule has 0 aliphatic rings. The smallest absolute Gasteiger partial charge is 0.272 e. The van der Waals surface area contributed by atoms with Crippen molar-refractivity contribution >= 4 is 17.3 Å². The van der Waals surface area contributed by atoms with Gasteiger partial charge in [0, 0.05) is 13.1 Å². The molecule has 1 atom stereocenters. The van der Waals surface area contributed by atoms with E-state index in [9.17, 15) is 19.3 Å². The molecule has 0 radical (unpaired) electrons. The Labute approximate surface area is 102 Å². The lowest BCUT2D eigenvalue weighted by molar-refractivity contribution is -0.385. The fraction of sp³-hybridized carbons (Fsp3) is 0.300. The van der Waals surface area contributed by atoms with E-state index in [0.717, 1.165) is 18.2 Å². The van der Waals surface area contributed by atoms with Gasteiger partial charge >= 0.3 is 0 Å². The number of likely N-dealkylation sites (N-methyl/N-ethyl adjacent to an activating group) is 1. The van der Waals surface area contributed by atoms with E-state index in [-0.39, 0.29) is 5.69 Å². The molecule has 0 heterocycles. The summed E-state index contributed by atoms with van der Waals surface area (Å²) in [6, 6.07) is 1.95. The molecule has 0 aromatic heterocycles. The Morgan fingerprint density at radius 2 is 2.28 bits per heavy atom. The van der Waals surface area contributed by atoms with Gasteiger partial charge in [-0.15, -0.1) is 0 Å². The minimum Gasteiger partial charge on any atom is -0.394 e. The summed E-state index contributed by atoms with van der Waals surface area (Å²) in [6.07, 6.45) is 0. The maximum atomic E-state index is 13.5. The zero-order valence-corrected chi connectivity index (χ0v) is 9.51. The van der Waals surface area contributed by atoms with Crippen molar-refractivity contribution in [2.24, 2.45) is 0 Å². The summed E-state index contributed by atoms with van der Waals surface area (Å²) in [4.78, 5) is 21.0. The number of carbonyl (C=O) groups excluding carboxylic acids is 1. The van der Waals surface area contributed by atoms with Gasteiger partial charge in [0.1, 0.15) is 6.04 Å². The summed E-state index contributed by atoms with van der Waals surface area (Å²) in [5.74, 6) is -1.39. The molecule has 3 N–H and O–H groups in total. The molecule has 1 rings (SSSR count). The first-order valence-electron chi connectivity index (χ1n) is 5.02. The average Bonchev–Trinajstić information content (AvgIpc) is 2.36. The zero-order chi connectivity index (χ0) is 13.7. The standard InChI is InChI=1S/C10H12FN3O4/c1-12-10(16)9(5-15)13-8-3-2-6(14(17)18)4-7(8)11/h2-4,9,13,15H,5H2,1H3,(H,12,16)/t9-/m1/s1. The Bertz CT molecular complexity index is 466. The maximum Gasteiger partial charge on any atom is 0.272 e. The number of nitrogens with one attached hydrogen (secondary N) is 2. The number of nitrogens with zero attached hydrogens (tertiary/aromatic N) is 1. The molecule has 1 aromatic carbocycles. The number of hydrogen-bond donors (Lipinski definition) is 3. The van der Waals surface area contributed by atoms with Crippen LogP contribution in [0.4, 0.5) is 15.8 Å². The lowest BCUT2D eigenvalue weighted by atomic mass is 10.2. The van der Waals surface area contributed by atoms with E-state index in [1.807, 2.05) is 0 Å². The lowest BCUT2D eigenvalue weighted by Gasteiger charge is -2.16. The molecule has 18 heavy (non-hydrogen) atoms. The molecule has 98 valence electrons. The number of non-ortho nitro benzene ring substituents is 1. The van der Waals surface area contributed by atoms with Crippen LogP contribution in [0.1, 0.15) is 0 Å². The van der Waals surface area contributed by atoms with Gasteiger partial charge in [-0.05, 0) is 6.07 Å². The number of aliphatic hydroxyl groups is 1. The van der Waals surface area contributed by atoms with Crippen molar-refractivity contribution in [2.45, 2.75) is 6.04 Å². The Balaban J connectivity index is 2.90. The van der Waals surface area contributed by atoms with E-state index in [1.54, 1.807) is 0 Å². The minimum absolute atomic E-state index is 0.0942. The average molecular weight is 257 g/mol. The van der Waals surface area contributed by atoms with Gasteiger partial charge in [-0.2, -0.15) is 0 Å². The van der Waals surface area contributed by atoms with E-state index in [2.05, 4.69) is 10.6 Å². The van der Waals surface area contributed by atoms with Gasteiger partial charge in [0.15, 0.2) is 5.82 Å². The van der Waals surface area contributed by atoms with E-state index in [4.69, 9.17) is 5.11 Å². The molecular weight excluding hydrogens is 245 g/mol. The van der Waals surface area contributed by atoms with E-state index in [0.29, 0.717) is 0 Å².